The molecule has 25 heavy (non-hydrogen) atoms. The molecule has 1 amide bonds. The van der Waals surface area contributed by atoms with Gasteiger partial charge in [-0.1, -0.05) is 33.6 Å². The van der Waals surface area contributed by atoms with E-state index in [1.165, 1.54) is 12.3 Å². The SMILES string of the molecule is O=C(Nc1ccc(Cl)cn1)C1CCCN(Cc2ccc(Br)cc2F)C1. The summed E-state index contributed by atoms with van der Waals surface area (Å²) in [6.45, 7) is 1.97. The molecule has 1 aliphatic heterocycles. The lowest BCUT2D eigenvalue weighted by atomic mass is 9.96. The first-order chi connectivity index (χ1) is 12.0. The maximum Gasteiger partial charge on any atom is 0.229 e. The van der Waals surface area contributed by atoms with Crippen LogP contribution < -0.4 is 5.32 Å². The molecule has 2 aromatic rings. The van der Waals surface area contributed by atoms with E-state index in [-0.39, 0.29) is 17.6 Å². The molecule has 1 aromatic carbocycles. The summed E-state index contributed by atoms with van der Waals surface area (Å²) in [5.74, 6) is 0.0670. The first kappa shape index (κ1) is 18.3. The number of nitrogens with zero attached hydrogens (tertiary/aromatic N) is 2. The van der Waals surface area contributed by atoms with Crippen LogP contribution in [-0.4, -0.2) is 28.9 Å². The third-order valence-electron chi connectivity index (χ3n) is 4.26. The number of rotatable bonds is 4. The molecule has 132 valence electrons. The number of pyridine rings is 1. The monoisotopic (exact) mass is 425 g/mol. The summed E-state index contributed by atoms with van der Waals surface area (Å²) in [5.41, 5.74) is 0.642. The second kappa shape index (κ2) is 8.25. The summed E-state index contributed by atoms with van der Waals surface area (Å²) in [5, 5.41) is 3.35. The Bertz CT molecular complexity index is 756. The van der Waals surface area contributed by atoms with E-state index in [4.69, 9.17) is 11.6 Å². The van der Waals surface area contributed by atoms with E-state index in [9.17, 15) is 9.18 Å². The van der Waals surface area contributed by atoms with E-state index in [0.717, 1.165) is 23.9 Å². The van der Waals surface area contributed by atoms with Crippen LogP contribution in [-0.2, 0) is 11.3 Å². The van der Waals surface area contributed by atoms with Crippen LogP contribution in [0.3, 0.4) is 0 Å². The van der Waals surface area contributed by atoms with Crippen molar-refractivity contribution in [1.29, 1.82) is 0 Å². The molecule has 1 aliphatic rings. The first-order valence-corrected chi connectivity index (χ1v) is 9.27. The molecule has 4 nitrogen and oxygen atoms in total. The Morgan fingerprint density at radius 1 is 1.40 bits per heavy atom. The Hall–Kier alpha value is -1.50. The van der Waals surface area contributed by atoms with Crippen LogP contribution in [0.2, 0.25) is 5.02 Å². The third-order valence-corrected chi connectivity index (χ3v) is 4.98. The summed E-state index contributed by atoms with van der Waals surface area (Å²) in [6, 6.07) is 8.45. The van der Waals surface area contributed by atoms with E-state index in [2.05, 4.69) is 31.1 Å². The van der Waals surface area contributed by atoms with Crippen LogP contribution in [0.15, 0.2) is 41.0 Å². The maximum atomic E-state index is 14.0. The van der Waals surface area contributed by atoms with Gasteiger partial charge in [0.15, 0.2) is 0 Å². The lowest BCUT2D eigenvalue weighted by Gasteiger charge is -2.32. The Kier molecular flexibility index (Phi) is 6.04. The van der Waals surface area contributed by atoms with Crippen LogP contribution in [0, 0.1) is 11.7 Å². The minimum atomic E-state index is -0.230. The Morgan fingerprint density at radius 3 is 2.96 bits per heavy atom. The predicted octanol–water partition coefficient (Wildman–Crippen LogP) is 4.49. The number of hydrogen-bond donors (Lipinski definition) is 1. The fraction of sp³-hybridized carbons (Fsp3) is 0.333. The van der Waals surface area contributed by atoms with E-state index in [0.29, 0.717) is 29.5 Å². The molecule has 7 heteroatoms. The van der Waals surface area contributed by atoms with Gasteiger partial charge in [0, 0.05) is 29.3 Å². The smallest absolute Gasteiger partial charge is 0.229 e. The number of halogens is 3. The van der Waals surface area contributed by atoms with Crippen LogP contribution in [0.4, 0.5) is 10.2 Å². The quantitative estimate of drug-likeness (QED) is 0.783. The van der Waals surface area contributed by atoms with Gasteiger partial charge >= 0.3 is 0 Å². The van der Waals surface area contributed by atoms with Gasteiger partial charge in [-0.05, 0) is 43.7 Å². The van der Waals surface area contributed by atoms with Crippen molar-refractivity contribution >= 4 is 39.3 Å². The average molecular weight is 427 g/mol. The topological polar surface area (TPSA) is 45.2 Å². The molecule has 1 saturated heterocycles. The molecule has 1 aromatic heterocycles. The minimum absolute atomic E-state index is 0.0594. The molecule has 2 heterocycles. The molecule has 1 N–H and O–H groups in total. The van der Waals surface area contributed by atoms with E-state index < -0.39 is 0 Å². The van der Waals surface area contributed by atoms with Gasteiger partial charge in [0.25, 0.3) is 0 Å². The Balaban J connectivity index is 1.60. The number of anilines is 1. The summed E-state index contributed by atoms with van der Waals surface area (Å²) in [7, 11) is 0. The highest BCUT2D eigenvalue weighted by Crippen LogP contribution is 2.22. The number of amides is 1. The zero-order valence-corrected chi connectivity index (χ0v) is 15.9. The summed E-state index contributed by atoms with van der Waals surface area (Å²) in [6.07, 6.45) is 3.23. The van der Waals surface area contributed by atoms with Crippen molar-refractivity contribution in [2.45, 2.75) is 19.4 Å². The van der Waals surface area contributed by atoms with E-state index >= 15 is 0 Å². The van der Waals surface area contributed by atoms with Crippen LogP contribution in [0.1, 0.15) is 18.4 Å². The number of carbonyl (C=O) groups is 1. The molecule has 0 radical (unpaired) electrons. The van der Waals surface area contributed by atoms with E-state index in [1.54, 1.807) is 18.2 Å². The van der Waals surface area contributed by atoms with Gasteiger partial charge in [-0.25, -0.2) is 9.37 Å². The van der Waals surface area contributed by atoms with Crippen LogP contribution in [0.5, 0.6) is 0 Å². The number of piperidine rings is 1. The molecule has 0 saturated carbocycles. The molecular weight excluding hydrogens is 409 g/mol. The maximum absolute atomic E-state index is 14.0. The van der Waals surface area contributed by atoms with Gasteiger partial charge in [0.1, 0.15) is 11.6 Å². The van der Waals surface area contributed by atoms with Crippen molar-refractivity contribution in [2.75, 3.05) is 18.4 Å². The molecule has 1 atom stereocenters. The van der Waals surface area contributed by atoms with Crippen molar-refractivity contribution in [3.63, 3.8) is 0 Å². The average Bonchev–Trinajstić information content (AvgIpc) is 2.60. The number of aromatic nitrogens is 1. The van der Waals surface area contributed by atoms with Crippen molar-refractivity contribution < 1.29 is 9.18 Å². The van der Waals surface area contributed by atoms with Gasteiger partial charge in [0.2, 0.25) is 5.91 Å². The third kappa shape index (κ3) is 5.00. The molecule has 1 unspecified atom stereocenters. The largest absolute Gasteiger partial charge is 0.310 e. The number of nitrogens with one attached hydrogen (secondary N) is 1. The highest BCUT2D eigenvalue weighted by Gasteiger charge is 2.26. The van der Waals surface area contributed by atoms with Gasteiger partial charge in [-0.15, -0.1) is 0 Å². The van der Waals surface area contributed by atoms with Crippen molar-refractivity contribution in [3.05, 3.63) is 57.4 Å². The lowest BCUT2D eigenvalue weighted by molar-refractivity contribution is -0.121. The number of likely N-dealkylation sites (tertiary alicyclic amines) is 1. The van der Waals surface area contributed by atoms with Crippen molar-refractivity contribution in [1.82, 2.24) is 9.88 Å². The number of benzene rings is 1. The fourth-order valence-corrected chi connectivity index (χ4v) is 3.43. The predicted molar refractivity (Wildman–Crippen MR) is 100.0 cm³/mol. The molecule has 3 rings (SSSR count). The summed E-state index contributed by atoms with van der Waals surface area (Å²) >= 11 is 9.07. The van der Waals surface area contributed by atoms with Crippen molar-refractivity contribution in [3.8, 4) is 0 Å². The minimum Gasteiger partial charge on any atom is -0.310 e. The Labute approximate surface area is 159 Å². The lowest BCUT2D eigenvalue weighted by Crippen LogP contribution is -2.40. The molecule has 0 aliphatic carbocycles. The zero-order valence-electron chi connectivity index (χ0n) is 13.5. The van der Waals surface area contributed by atoms with Gasteiger partial charge in [0.05, 0.1) is 10.9 Å². The van der Waals surface area contributed by atoms with Crippen molar-refractivity contribution in [2.24, 2.45) is 5.92 Å². The van der Waals surface area contributed by atoms with Gasteiger partial charge in [-0.3, -0.25) is 9.69 Å². The molecule has 1 fully saturated rings. The fourth-order valence-electron chi connectivity index (χ4n) is 2.98. The van der Waals surface area contributed by atoms with Crippen LogP contribution >= 0.6 is 27.5 Å². The van der Waals surface area contributed by atoms with Gasteiger partial charge < -0.3 is 5.32 Å². The highest BCUT2D eigenvalue weighted by molar-refractivity contribution is 9.10. The number of hydrogen-bond acceptors (Lipinski definition) is 3. The molecular formula is C18H18BrClFN3O. The molecule has 0 bridgehead atoms. The first-order valence-electron chi connectivity index (χ1n) is 8.10. The zero-order chi connectivity index (χ0) is 17.8. The standard InChI is InChI=1S/C18H18BrClFN3O/c19-14-4-3-12(16(21)8-14)10-24-7-1-2-13(11-24)18(25)23-17-6-5-15(20)9-22-17/h3-6,8-9,13H,1-2,7,10-11H2,(H,22,23,25). The van der Waals surface area contributed by atoms with Gasteiger partial charge in [-0.2, -0.15) is 0 Å². The van der Waals surface area contributed by atoms with Crippen LogP contribution in [0.25, 0.3) is 0 Å². The second-order valence-corrected chi connectivity index (χ2v) is 7.51. The highest BCUT2D eigenvalue weighted by atomic mass is 79.9. The second-order valence-electron chi connectivity index (χ2n) is 6.16. The Morgan fingerprint density at radius 2 is 2.24 bits per heavy atom. The summed E-state index contributed by atoms with van der Waals surface area (Å²) < 4.78 is 14.7. The number of carbonyl (C=O) groups excluding carboxylic acids is 1. The molecule has 0 spiro atoms. The summed E-state index contributed by atoms with van der Waals surface area (Å²) in [4.78, 5) is 18.7. The normalized spacial score (nSPS) is 18.1. The van der Waals surface area contributed by atoms with E-state index in [1.807, 2.05) is 6.07 Å².